The Hall–Kier alpha value is 0.640. The highest BCUT2D eigenvalue weighted by Crippen LogP contribution is 2.32. The first-order valence-corrected chi connectivity index (χ1v) is 7.24. The van der Waals surface area contributed by atoms with Gasteiger partial charge in [-0.3, -0.25) is 0 Å². The Balaban J connectivity index is 2.89. The molecule has 78 valence electrons. The number of rotatable bonds is 1. The lowest BCUT2D eigenvalue weighted by atomic mass is 9.90. The van der Waals surface area contributed by atoms with Gasteiger partial charge in [-0.1, -0.05) is 36.4 Å². The predicted octanol–water partition coefficient (Wildman–Crippen LogP) is 1.83. The van der Waals surface area contributed by atoms with Crippen LogP contribution in [0.15, 0.2) is 0 Å². The molecule has 13 heavy (non-hydrogen) atoms. The smallest absolute Gasteiger partial charge is 0.212 e. The molecule has 0 aromatic rings. The molecule has 1 fully saturated rings. The predicted molar refractivity (Wildman–Crippen MR) is 62.4 cm³/mol. The molecule has 0 spiro atoms. The molecule has 1 heterocycles. The molecule has 1 aliphatic rings. The van der Waals surface area contributed by atoms with E-state index >= 15 is 0 Å². The van der Waals surface area contributed by atoms with Crippen molar-refractivity contribution < 1.29 is 8.42 Å². The van der Waals surface area contributed by atoms with E-state index < -0.39 is 10.0 Å². The van der Waals surface area contributed by atoms with Gasteiger partial charge in [-0.05, 0) is 18.8 Å². The molecule has 0 amide bonds. The molecular formula is C8H16INO2S. The quantitative estimate of drug-likeness (QED) is 0.420. The molecule has 1 saturated heterocycles. The van der Waals surface area contributed by atoms with Gasteiger partial charge in [0.25, 0.3) is 0 Å². The highest BCUT2D eigenvalue weighted by atomic mass is 127. The first kappa shape index (κ1) is 11.7. The zero-order valence-electron chi connectivity index (χ0n) is 8.25. The number of alkyl halides is 1. The topological polar surface area (TPSA) is 37.4 Å². The number of halogens is 1. The molecule has 5 heteroatoms. The third kappa shape index (κ3) is 2.79. The van der Waals surface area contributed by atoms with Gasteiger partial charge in [0.05, 0.1) is 9.80 Å². The molecule has 1 unspecified atom stereocenters. The van der Waals surface area contributed by atoms with Crippen molar-refractivity contribution >= 4 is 32.6 Å². The van der Waals surface area contributed by atoms with E-state index in [0.717, 1.165) is 6.42 Å². The van der Waals surface area contributed by atoms with Gasteiger partial charge >= 0.3 is 0 Å². The molecule has 0 aromatic heterocycles. The molecule has 1 aliphatic heterocycles. The Morgan fingerprint density at radius 2 is 2.00 bits per heavy atom. The Kier molecular flexibility index (Phi) is 3.30. The highest BCUT2D eigenvalue weighted by molar-refractivity contribution is 14.1. The Morgan fingerprint density at radius 1 is 1.46 bits per heavy atom. The van der Waals surface area contributed by atoms with Crippen molar-refractivity contribution in [1.82, 2.24) is 4.31 Å². The Bertz CT molecular complexity index is 285. The van der Waals surface area contributed by atoms with Gasteiger partial charge in [0.15, 0.2) is 0 Å². The maximum Gasteiger partial charge on any atom is 0.215 e. The minimum Gasteiger partial charge on any atom is -0.212 e. The summed E-state index contributed by atoms with van der Waals surface area (Å²) in [6.45, 7) is 6.81. The summed E-state index contributed by atoms with van der Waals surface area (Å²) in [6, 6.07) is 0. The van der Waals surface area contributed by atoms with E-state index in [4.69, 9.17) is 0 Å². The first-order valence-electron chi connectivity index (χ1n) is 4.38. The highest BCUT2D eigenvalue weighted by Gasteiger charge is 2.37. The zero-order chi connectivity index (χ0) is 10.3. The summed E-state index contributed by atoms with van der Waals surface area (Å²) in [7, 11) is -2.97. The van der Waals surface area contributed by atoms with Crippen LogP contribution in [0.3, 0.4) is 0 Å². The molecular weight excluding hydrogens is 301 g/mol. The Labute approximate surface area is 94.1 Å². The van der Waals surface area contributed by atoms with Crippen LogP contribution in [-0.2, 0) is 10.0 Å². The van der Waals surface area contributed by atoms with Gasteiger partial charge in [-0.25, -0.2) is 8.42 Å². The van der Waals surface area contributed by atoms with E-state index in [0.29, 0.717) is 12.3 Å². The second-order valence-corrected chi connectivity index (χ2v) is 8.19. The monoisotopic (exact) mass is 317 g/mol. The number of hydrogen-bond acceptors (Lipinski definition) is 2. The first-order chi connectivity index (χ1) is 5.75. The van der Waals surface area contributed by atoms with E-state index in [1.54, 1.807) is 4.31 Å². The SMILES string of the molecule is CC(I)N1CC(C)(C)CCS1(=O)=O. The van der Waals surface area contributed by atoms with Crippen LogP contribution in [0.4, 0.5) is 0 Å². The lowest BCUT2D eigenvalue weighted by molar-refractivity contribution is 0.231. The van der Waals surface area contributed by atoms with E-state index in [1.165, 1.54) is 0 Å². The van der Waals surface area contributed by atoms with Crippen LogP contribution >= 0.6 is 22.6 Å². The van der Waals surface area contributed by atoms with Crippen molar-refractivity contribution in [3.63, 3.8) is 0 Å². The van der Waals surface area contributed by atoms with Crippen LogP contribution in [0.1, 0.15) is 27.2 Å². The fourth-order valence-corrected chi connectivity index (χ4v) is 4.74. The summed E-state index contributed by atoms with van der Waals surface area (Å²) < 4.78 is 24.9. The molecule has 0 aliphatic carbocycles. The average Bonchev–Trinajstić information content (AvgIpc) is 1.95. The van der Waals surface area contributed by atoms with Crippen molar-refractivity contribution in [2.75, 3.05) is 12.3 Å². The molecule has 0 bridgehead atoms. The summed E-state index contributed by atoms with van der Waals surface area (Å²) in [6.07, 6.45) is 0.773. The third-order valence-electron chi connectivity index (χ3n) is 2.37. The zero-order valence-corrected chi connectivity index (χ0v) is 11.2. The van der Waals surface area contributed by atoms with Gasteiger partial charge < -0.3 is 0 Å². The normalized spacial score (nSPS) is 29.8. The van der Waals surface area contributed by atoms with E-state index in [1.807, 2.05) is 6.92 Å². The molecule has 1 rings (SSSR count). The van der Waals surface area contributed by atoms with E-state index in [-0.39, 0.29) is 9.46 Å². The van der Waals surface area contributed by atoms with Crippen LogP contribution in [0.2, 0.25) is 0 Å². The summed E-state index contributed by atoms with van der Waals surface area (Å²) in [5, 5.41) is 0. The third-order valence-corrected chi connectivity index (χ3v) is 5.31. The van der Waals surface area contributed by atoms with Crippen molar-refractivity contribution in [1.29, 1.82) is 0 Å². The summed E-state index contributed by atoms with van der Waals surface area (Å²) in [4.78, 5) is 0. The van der Waals surface area contributed by atoms with Crippen molar-refractivity contribution in [2.24, 2.45) is 5.41 Å². The van der Waals surface area contributed by atoms with Gasteiger partial charge in [0.1, 0.15) is 0 Å². The van der Waals surface area contributed by atoms with Gasteiger partial charge in [-0.2, -0.15) is 4.31 Å². The standard InChI is InChI=1S/C8H16INO2S/c1-7(9)10-6-8(2,3)4-5-13(10,11)12/h7H,4-6H2,1-3H3. The van der Waals surface area contributed by atoms with Gasteiger partial charge in [0, 0.05) is 6.54 Å². The Morgan fingerprint density at radius 3 is 2.38 bits per heavy atom. The van der Waals surface area contributed by atoms with Crippen molar-refractivity contribution in [2.45, 2.75) is 31.2 Å². The van der Waals surface area contributed by atoms with Gasteiger partial charge in [0.2, 0.25) is 10.0 Å². The van der Waals surface area contributed by atoms with Crippen LogP contribution in [0.25, 0.3) is 0 Å². The molecule has 3 nitrogen and oxygen atoms in total. The fourth-order valence-electron chi connectivity index (χ4n) is 1.47. The van der Waals surface area contributed by atoms with Crippen LogP contribution < -0.4 is 0 Å². The minimum atomic E-state index is -2.97. The van der Waals surface area contributed by atoms with Crippen molar-refractivity contribution in [3.05, 3.63) is 0 Å². The second kappa shape index (κ2) is 3.66. The van der Waals surface area contributed by atoms with E-state index in [9.17, 15) is 8.42 Å². The van der Waals surface area contributed by atoms with Crippen LogP contribution in [-0.4, -0.2) is 29.1 Å². The van der Waals surface area contributed by atoms with Crippen LogP contribution in [0, 0.1) is 5.41 Å². The largest absolute Gasteiger partial charge is 0.215 e. The molecule has 0 saturated carbocycles. The average molecular weight is 317 g/mol. The maximum atomic E-state index is 11.6. The summed E-state index contributed by atoms with van der Waals surface area (Å²) in [5.74, 6) is 0.299. The van der Waals surface area contributed by atoms with Gasteiger partial charge in [-0.15, -0.1) is 0 Å². The molecule has 0 radical (unpaired) electrons. The molecule has 0 aromatic carbocycles. The lowest BCUT2D eigenvalue weighted by Gasteiger charge is -2.38. The van der Waals surface area contributed by atoms with E-state index in [2.05, 4.69) is 36.4 Å². The minimum absolute atomic E-state index is 0.0576. The van der Waals surface area contributed by atoms with Crippen LogP contribution in [0.5, 0.6) is 0 Å². The molecule has 1 atom stereocenters. The van der Waals surface area contributed by atoms with Crippen molar-refractivity contribution in [3.8, 4) is 0 Å². The lowest BCUT2D eigenvalue weighted by Crippen LogP contribution is -2.48. The number of nitrogens with zero attached hydrogens (tertiary/aromatic N) is 1. The second-order valence-electron chi connectivity index (χ2n) is 4.35. The summed E-state index contributed by atoms with van der Waals surface area (Å²) in [5.41, 5.74) is 0.130. The number of hydrogen-bond donors (Lipinski definition) is 0. The molecule has 0 N–H and O–H groups in total. The fraction of sp³-hybridized carbons (Fsp3) is 1.00. The maximum absolute atomic E-state index is 11.6. The summed E-state index contributed by atoms with van der Waals surface area (Å²) >= 11 is 2.15. The number of sulfonamides is 1.